The number of hydrogen-bond acceptors (Lipinski definition) is 3. The summed E-state index contributed by atoms with van der Waals surface area (Å²) in [6.07, 6.45) is 0.234. The second-order valence-electron chi connectivity index (χ2n) is 6.28. The van der Waals surface area contributed by atoms with E-state index in [0.29, 0.717) is 22.3 Å². The van der Waals surface area contributed by atoms with Crippen LogP contribution in [-0.4, -0.2) is 38.5 Å². The number of nitriles is 1. The molecule has 0 fully saturated rings. The molecule has 0 heterocycles. The van der Waals surface area contributed by atoms with Crippen molar-refractivity contribution in [1.29, 1.82) is 5.26 Å². The van der Waals surface area contributed by atoms with Crippen molar-refractivity contribution < 1.29 is 14.5 Å². The summed E-state index contributed by atoms with van der Waals surface area (Å²) >= 11 is 11.8. The van der Waals surface area contributed by atoms with Crippen molar-refractivity contribution in [2.45, 2.75) is 6.42 Å². The van der Waals surface area contributed by atoms with Gasteiger partial charge in [0.25, 0.3) is 11.8 Å². The van der Waals surface area contributed by atoms with Crippen LogP contribution in [0.1, 0.15) is 6.42 Å². The molecule has 2 rings (SSSR count). The minimum absolute atomic E-state index is 0.104. The number of hydrogen-bond donors (Lipinski definition) is 2. The fourth-order valence-electron chi connectivity index (χ4n) is 2.64. The van der Waals surface area contributed by atoms with E-state index in [2.05, 4.69) is 11.4 Å². The van der Waals surface area contributed by atoms with E-state index in [0.717, 1.165) is 10.6 Å². The second-order valence-corrected chi connectivity index (χ2v) is 7.09. The summed E-state index contributed by atoms with van der Waals surface area (Å²) in [6, 6.07) is 16.1. The molecule has 146 valence electrons. The van der Waals surface area contributed by atoms with Crippen LogP contribution in [0.2, 0.25) is 10.0 Å². The van der Waals surface area contributed by atoms with Gasteiger partial charge in [-0.25, -0.2) is 0 Å². The Hall–Kier alpha value is -2.59. The second kappa shape index (κ2) is 10.7. The smallest absolute Gasteiger partial charge is 0.282 e. The number of benzene rings is 2. The van der Waals surface area contributed by atoms with E-state index in [4.69, 9.17) is 28.5 Å². The molecule has 2 amide bonds. The highest BCUT2D eigenvalue weighted by molar-refractivity contribution is 6.42. The Kier molecular flexibility index (Phi) is 8.27. The molecular formula is C20H21Cl2N4O2+. The molecule has 0 aliphatic heterocycles. The quantitative estimate of drug-likeness (QED) is 0.689. The van der Waals surface area contributed by atoms with Gasteiger partial charge < -0.3 is 15.1 Å². The van der Waals surface area contributed by atoms with E-state index in [9.17, 15) is 9.59 Å². The number of nitrogens with zero attached hydrogens (tertiary/aromatic N) is 2. The Morgan fingerprint density at radius 2 is 1.82 bits per heavy atom. The maximum Gasteiger partial charge on any atom is 0.282 e. The average Bonchev–Trinajstić information content (AvgIpc) is 2.65. The predicted octanol–water partition coefficient (Wildman–Crippen LogP) is 2.39. The maximum atomic E-state index is 12.7. The van der Waals surface area contributed by atoms with Gasteiger partial charge in [0.1, 0.15) is 0 Å². The molecule has 2 N–H and O–H groups in total. The highest BCUT2D eigenvalue weighted by atomic mass is 35.5. The number of rotatable bonds is 8. The number of carbonyl (C=O) groups excluding carboxylic acids is 2. The van der Waals surface area contributed by atoms with Crippen molar-refractivity contribution in [1.82, 2.24) is 0 Å². The lowest BCUT2D eigenvalue weighted by Crippen LogP contribution is -3.11. The molecule has 2 aromatic carbocycles. The molecule has 0 bridgehead atoms. The summed E-state index contributed by atoms with van der Waals surface area (Å²) in [6.45, 7) is 0.532. The highest BCUT2D eigenvalue weighted by Gasteiger charge is 2.21. The number of anilines is 2. The van der Waals surface area contributed by atoms with E-state index >= 15 is 0 Å². The monoisotopic (exact) mass is 419 g/mol. The van der Waals surface area contributed by atoms with Crippen molar-refractivity contribution in [3.63, 3.8) is 0 Å². The number of halogens is 2. The van der Waals surface area contributed by atoms with Crippen molar-refractivity contribution in [2.75, 3.05) is 36.9 Å². The van der Waals surface area contributed by atoms with Crippen LogP contribution in [0.25, 0.3) is 0 Å². The van der Waals surface area contributed by atoms with Crippen molar-refractivity contribution in [3.05, 3.63) is 58.6 Å². The fourth-order valence-corrected chi connectivity index (χ4v) is 2.93. The predicted molar refractivity (Wildman–Crippen MR) is 111 cm³/mol. The average molecular weight is 420 g/mol. The molecular weight excluding hydrogens is 399 g/mol. The SMILES string of the molecule is C[NH+](CC(=O)Nc1ccc(Cl)c(Cl)c1)CC(=O)N(CCC#N)c1ccccc1. The minimum Gasteiger partial charge on any atom is -0.322 e. The van der Waals surface area contributed by atoms with Crippen LogP contribution in [0.4, 0.5) is 11.4 Å². The van der Waals surface area contributed by atoms with Gasteiger partial charge in [-0.3, -0.25) is 9.59 Å². The summed E-state index contributed by atoms with van der Waals surface area (Å²) in [7, 11) is 1.76. The number of likely N-dealkylation sites (N-methyl/N-ethyl adjacent to an activating group) is 1. The zero-order chi connectivity index (χ0) is 20.5. The van der Waals surface area contributed by atoms with Gasteiger partial charge in [-0.2, -0.15) is 5.26 Å². The first-order valence-electron chi connectivity index (χ1n) is 8.69. The van der Waals surface area contributed by atoms with Crippen LogP contribution < -0.4 is 15.1 Å². The zero-order valence-electron chi connectivity index (χ0n) is 15.4. The number of nitrogens with one attached hydrogen (secondary N) is 2. The van der Waals surface area contributed by atoms with Gasteiger partial charge in [0.2, 0.25) is 0 Å². The molecule has 0 aliphatic rings. The van der Waals surface area contributed by atoms with Gasteiger partial charge in [-0.05, 0) is 30.3 Å². The molecule has 0 radical (unpaired) electrons. The zero-order valence-corrected chi connectivity index (χ0v) is 16.9. The van der Waals surface area contributed by atoms with Crippen LogP contribution in [0.15, 0.2) is 48.5 Å². The third-order valence-electron chi connectivity index (χ3n) is 3.93. The fraction of sp³-hybridized carbons (Fsp3) is 0.250. The molecule has 0 aromatic heterocycles. The van der Waals surface area contributed by atoms with Crippen LogP contribution in [0.5, 0.6) is 0 Å². The van der Waals surface area contributed by atoms with Gasteiger partial charge in [0.15, 0.2) is 13.1 Å². The molecule has 8 heteroatoms. The van der Waals surface area contributed by atoms with Crippen LogP contribution >= 0.6 is 23.2 Å². The summed E-state index contributed by atoms with van der Waals surface area (Å²) in [5.74, 6) is -0.395. The molecule has 1 unspecified atom stereocenters. The molecule has 0 spiro atoms. The Balaban J connectivity index is 1.94. The van der Waals surface area contributed by atoms with E-state index in [1.165, 1.54) is 0 Å². The molecule has 1 atom stereocenters. The molecule has 28 heavy (non-hydrogen) atoms. The maximum absolute atomic E-state index is 12.7. The lowest BCUT2D eigenvalue weighted by Gasteiger charge is -2.23. The number of carbonyl (C=O) groups is 2. The largest absolute Gasteiger partial charge is 0.322 e. The molecule has 2 aromatic rings. The Morgan fingerprint density at radius 3 is 2.46 bits per heavy atom. The molecule has 0 saturated heterocycles. The standard InChI is InChI=1S/C20H20Cl2N4O2/c1-25(13-19(27)24-15-8-9-17(21)18(22)12-15)14-20(28)26(11-5-10-23)16-6-3-2-4-7-16/h2-4,6-9,12H,5,11,13-14H2,1H3,(H,24,27)/p+1. The first-order valence-corrected chi connectivity index (χ1v) is 9.45. The van der Waals surface area contributed by atoms with E-state index < -0.39 is 0 Å². The highest BCUT2D eigenvalue weighted by Crippen LogP contribution is 2.24. The lowest BCUT2D eigenvalue weighted by molar-refractivity contribution is -0.862. The van der Waals surface area contributed by atoms with Gasteiger partial charge >= 0.3 is 0 Å². The van der Waals surface area contributed by atoms with E-state index in [1.807, 2.05) is 30.3 Å². The number of para-hydroxylation sites is 1. The van der Waals surface area contributed by atoms with Gasteiger partial charge in [0, 0.05) is 17.9 Å². The summed E-state index contributed by atoms with van der Waals surface area (Å²) in [5.41, 5.74) is 1.27. The van der Waals surface area contributed by atoms with Crippen molar-refractivity contribution in [2.24, 2.45) is 0 Å². The summed E-state index contributed by atoms with van der Waals surface area (Å²) < 4.78 is 0. The number of quaternary nitrogens is 1. The normalized spacial score (nSPS) is 11.4. The summed E-state index contributed by atoms with van der Waals surface area (Å²) in [5, 5.41) is 12.4. The Labute approximate surface area is 174 Å². The topological polar surface area (TPSA) is 77.6 Å². The lowest BCUT2D eigenvalue weighted by atomic mass is 10.2. The Morgan fingerprint density at radius 1 is 1.11 bits per heavy atom. The van der Waals surface area contributed by atoms with E-state index in [1.54, 1.807) is 30.1 Å². The van der Waals surface area contributed by atoms with Gasteiger partial charge in [-0.15, -0.1) is 0 Å². The van der Waals surface area contributed by atoms with Gasteiger partial charge in [0.05, 0.1) is 29.6 Å². The molecule has 0 saturated carbocycles. The minimum atomic E-state index is -0.244. The third-order valence-corrected chi connectivity index (χ3v) is 4.67. The van der Waals surface area contributed by atoms with Crippen LogP contribution in [-0.2, 0) is 9.59 Å². The van der Waals surface area contributed by atoms with Gasteiger partial charge in [-0.1, -0.05) is 41.4 Å². The molecule has 6 nitrogen and oxygen atoms in total. The van der Waals surface area contributed by atoms with Crippen molar-refractivity contribution in [3.8, 4) is 6.07 Å². The number of amides is 2. The molecule has 0 aliphatic carbocycles. The van der Waals surface area contributed by atoms with E-state index in [-0.39, 0.29) is 31.3 Å². The van der Waals surface area contributed by atoms with Crippen molar-refractivity contribution >= 4 is 46.4 Å². The van der Waals surface area contributed by atoms with Crippen LogP contribution in [0.3, 0.4) is 0 Å². The Bertz CT molecular complexity index is 868. The van der Waals surface area contributed by atoms with Crippen LogP contribution in [0, 0.1) is 11.3 Å². The third kappa shape index (κ3) is 6.54. The first kappa shape index (κ1) is 21.7. The summed E-state index contributed by atoms with van der Waals surface area (Å²) in [4.78, 5) is 27.2. The first-order chi connectivity index (χ1) is 13.4.